The SMILES string of the molecule is C#CC(=O)NCc1cnn(Cc2cc(OC)c3c(NS(=O)(=O)c4cc(C(=O)NC)ccc4OC)noc3c2)c1. The number of sulfonamides is 1. The van der Waals surface area contributed by atoms with Gasteiger partial charge in [-0.1, -0.05) is 5.16 Å². The zero-order chi connectivity index (χ0) is 28.2. The van der Waals surface area contributed by atoms with Crippen LogP contribution in [0.2, 0.25) is 0 Å². The molecular weight excluding hydrogens is 528 g/mol. The van der Waals surface area contributed by atoms with Crippen LogP contribution in [0.15, 0.2) is 52.1 Å². The third-order valence-electron chi connectivity index (χ3n) is 5.61. The Bertz CT molecular complexity index is 1700. The van der Waals surface area contributed by atoms with Gasteiger partial charge in [-0.3, -0.25) is 19.0 Å². The number of ether oxygens (including phenoxy) is 2. The molecule has 0 unspecified atom stereocenters. The molecule has 14 heteroatoms. The number of nitrogens with one attached hydrogen (secondary N) is 3. The molecule has 4 aromatic rings. The van der Waals surface area contributed by atoms with Gasteiger partial charge >= 0.3 is 0 Å². The third-order valence-corrected chi connectivity index (χ3v) is 6.97. The van der Waals surface area contributed by atoms with E-state index in [0.717, 1.165) is 11.1 Å². The van der Waals surface area contributed by atoms with E-state index >= 15 is 0 Å². The summed E-state index contributed by atoms with van der Waals surface area (Å²) in [5.74, 6) is 1.24. The van der Waals surface area contributed by atoms with Crippen molar-refractivity contribution in [3.63, 3.8) is 0 Å². The zero-order valence-corrected chi connectivity index (χ0v) is 22.0. The van der Waals surface area contributed by atoms with E-state index in [4.69, 9.17) is 20.4 Å². The number of amides is 2. The van der Waals surface area contributed by atoms with Crippen LogP contribution in [0.1, 0.15) is 21.5 Å². The summed E-state index contributed by atoms with van der Waals surface area (Å²) in [6.45, 7) is 0.550. The molecule has 3 N–H and O–H groups in total. The largest absolute Gasteiger partial charge is 0.496 e. The Balaban J connectivity index is 1.62. The van der Waals surface area contributed by atoms with Crippen molar-refractivity contribution in [3.8, 4) is 23.8 Å². The second kappa shape index (κ2) is 11.2. The topological polar surface area (TPSA) is 167 Å². The summed E-state index contributed by atoms with van der Waals surface area (Å²) in [6, 6.07) is 7.41. The summed E-state index contributed by atoms with van der Waals surface area (Å²) in [5, 5.41) is 13.5. The van der Waals surface area contributed by atoms with Gasteiger partial charge in [-0.2, -0.15) is 5.10 Å². The third kappa shape index (κ3) is 5.78. The van der Waals surface area contributed by atoms with Crippen molar-refractivity contribution in [3.05, 3.63) is 59.4 Å². The lowest BCUT2D eigenvalue weighted by molar-refractivity contribution is -0.115. The van der Waals surface area contributed by atoms with Gasteiger partial charge < -0.3 is 24.6 Å². The van der Waals surface area contributed by atoms with E-state index in [2.05, 4.69) is 25.6 Å². The van der Waals surface area contributed by atoms with Crippen molar-refractivity contribution in [1.82, 2.24) is 25.6 Å². The number of methoxy groups -OCH3 is 2. The Morgan fingerprint density at radius 2 is 1.90 bits per heavy atom. The minimum absolute atomic E-state index is 0.0367. The molecule has 39 heavy (non-hydrogen) atoms. The molecule has 202 valence electrons. The van der Waals surface area contributed by atoms with Crippen LogP contribution in [0.5, 0.6) is 11.5 Å². The number of hydrogen-bond acceptors (Lipinski definition) is 9. The van der Waals surface area contributed by atoms with Gasteiger partial charge in [0.05, 0.1) is 27.0 Å². The maximum absolute atomic E-state index is 13.3. The minimum atomic E-state index is -4.27. The van der Waals surface area contributed by atoms with E-state index in [-0.39, 0.29) is 34.2 Å². The van der Waals surface area contributed by atoms with Crippen molar-refractivity contribution in [2.24, 2.45) is 0 Å². The van der Waals surface area contributed by atoms with Crippen LogP contribution in [-0.4, -0.2) is 56.4 Å². The van der Waals surface area contributed by atoms with Gasteiger partial charge in [0.15, 0.2) is 11.4 Å². The zero-order valence-electron chi connectivity index (χ0n) is 21.1. The average Bonchev–Trinajstić information content (AvgIpc) is 3.56. The van der Waals surface area contributed by atoms with Gasteiger partial charge in [-0.05, 0) is 41.8 Å². The molecule has 13 nitrogen and oxygen atoms in total. The Morgan fingerprint density at radius 3 is 2.59 bits per heavy atom. The maximum atomic E-state index is 13.3. The number of fused-ring (bicyclic) bond motifs is 1. The van der Waals surface area contributed by atoms with Crippen molar-refractivity contribution in [2.75, 3.05) is 26.0 Å². The van der Waals surface area contributed by atoms with E-state index in [1.165, 1.54) is 39.5 Å². The highest BCUT2D eigenvalue weighted by molar-refractivity contribution is 7.92. The van der Waals surface area contributed by atoms with E-state index < -0.39 is 21.8 Å². The first kappa shape index (κ1) is 27.0. The van der Waals surface area contributed by atoms with E-state index in [9.17, 15) is 18.0 Å². The Hall–Kier alpha value is -5.03. The lowest BCUT2D eigenvalue weighted by Crippen LogP contribution is -2.20. The quantitative estimate of drug-likeness (QED) is 0.247. The Kier molecular flexibility index (Phi) is 7.73. The molecule has 0 saturated heterocycles. The molecule has 0 saturated carbocycles. The van der Waals surface area contributed by atoms with E-state index in [1.807, 2.05) is 5.92 Å². The minimum Gasteiger partial charge on any atom is -0.496 e. The summed E-state index contributed by atoms with van der Waals surface area (Å²) >= 11 is 0. The van der Waals surface area contributed by atoms with Crippen LogP contribution in [-0.2, 0) is 27.9 Å². The van der Waals surface area contributed by atoms with Crippen LogP contribution in [0.4, 0.5) is 5.82 Å². The van der Waals surface area contributed by atoms with Crippen molar-refractivity contribution >= 4 is 38.6 Å². The standard InChI is InChI=1S/C25H24N6O7S/c1-5-22(32)27-11-16-12-28-31(14-16)13-15-8-19(37-4)23-20(9-15)38-29-24(23)30-39(34,35)21-10-17(25(33)26-2)6-7-18(21)36-3/h1,6-10,12,14H,11,13H2,2-4H3,(H,26,33)(H,27,32)(H,29,30). The molecule has 0 aliphatic rings. The number of aromatic nitrogens is 3. The summed E-state index contributed by atoms with van der Waals surface area (Å²) in [4.78, 5) is 23.1. The highest BCUT2D eigenvalue weighted by atomic mass is 32.2. The van der Waals surface area contributed by atoms with Gasteiger partial charge in [0.1, 0.15) is 21.8 Å². The molecule has 2 aromatic carbocycles. The van der Waals surface area contributed by atoms with E-state index in [1.54, 1.807) is 29.2 Å². The first-order valence-corrected chi connectivity index (χ1v) is 12.8. The molecule has 0 spiro atoms. The molecule has 0 aliphatic carbocycles. The molecule has 2 aromatic heterocycles. The number of rotatable bonds is 10. The second-order valence-electron chi connectivity index (χ2n) is 8.13. The van der Waals surface area contributed by atoms with E-state index in [0.29, 0.717) is 17.7 Å². The highest BCUT2D eigenvalue weighted by Gasteiger charge is 2.26. The lowest BCUT2D eigenvalue weighted by atomic mass is 10.1. The normalized spacial score (nSPS) is 11.0. The molecule has 0 fully saturated rings. The van der Waals surface area contributed by atoms with Crippen LogP contribution >= 0.6 is 0 Å². The van der Waals surface area contributed by atoms with Gasteiger partial charge in [0.2, 0.25) is 0 Å². The highest BCUT2D eigenvalue weighted by Crippen LogP contribution is 2.36. The van der Waals surface area contributed by atoms with Crippen LogP contribution in [0.25, 0.3) is 11.0 Å². The fourth-order valence-electron chi connectivity index (χ4n) is 3.77. The lowest BCUT2D eigenvalue weighted by Gasteiger charge is -2.12. The molecule has 0 bridgehead atoms. The van der Waals surface area contributed by atoms with Gasteiger partial charge in [-0.25, -0.2) is 8.42 Å². The number of nitrogens with zero attached hydrogens (tertiary/aromatic N) is 3. The number of hydrogen-bond donors (Lipinski definition) is 3. The summed E-state index contributed by atoms with van der Waals surface area (Å²) in [7, 11) is -0.0784. The van der Waals surface area contributed by atoms with Gasteiger partial charge in [-0.15, -0.1) is 6.42 Å². The smallest absolute Gasteiger partial charge is 0.295 e. The molecule has 2 amide bonds. The Labute approximate surface area is 223 Å². The number of terminal acetylenes is 1. The van der Waals surface area contributed by atoms with Crippen molar-refractivity contribution < 1.29 is 32.0 Å². The first-order valence-electron chi connectivity index (χ1n) is 11.3. The fourth-order valence-corrected chi connectivity index (χ4v) is 4.97. The van der Waals surface area contributed by atoms with Crippen molar-refractivity contribution in [1.29, 1.82) is 0 Å². The fraction of sp³-hybridized carbons (Fsp3) is 0.200. The van der Waals surface area contributed by atoms with Gasteiger partial charge in [0.25, 0.3) is 21.8 Å². The summed E-state index contributed by atoms with van der Waals surface area (Å²) in [6.07, 6.45) is 8.39. The van der Waals surface area contributed by atoms with Crippen LogP contribution in [0.3, 0.4) is 0 Å². The maximum Gasteiger partial charge on any atom is 0.295 e. The summed E-state index contributed by atoms with van der Waals surface area (Å²) in [5.41, 5.74) is 1.87. The van der Waals surface area contributed by atoms with Crippen LogP contribution < -0.4 is 24.8 Å². The first-order chi connectivity index (χ1) is 18.7. The van der Waals surface area contributed by atoms with Gasteiger partial charge in [0, 0.05) is 30.9 Å². The molecule has 0 radical (unpaired) electrons. The monoisotopic (exact) mass is 552 g/mol. The van der Waals surface area contributed by atoms with Crippen LogP contribution in [0, 0.1) is 12.3 Å². The molecular formula is C25H24N6O7S. The molecule has 4 rings (SSSR count). The average molecular weight is 553 g/mol. The predicted molar refractivity (Wildman–Crippen MR) is 140 cm³/mol. The number of benzene rings is 2. The molecule has 2 heterocycles. The number of carbonyl (C=O) groups is 2. The van der Waals surface area contributed by atoms with Crippen molar-refractivity contribution in [2.45, 2.75) is 18.0 Å². The number of anilines is 1. The summed E-state index contributed by atoms with van der Waals surface area (Å²) < 4.78 is 46.8. The molecule has 0 aliphatic heterocycles. The number of carbonyl (C=O) groups excluding carboxylic acids is 2. The Morgan fingerprint density at radius 1 is 1.13 bits per heavy atom. The molecule has 0 atom stereocenters. The predicted octanol–water partition coefficient (Wildman–Crippen LogP) is 1.50. The second-order valence-corrected chi connectivity index (χ2v) is 9.78.